The normalized spacial score (nSPS) is 31.3. The van der Waals surface area contributed by atoms with Crippen LogP contribution in [0.25, 0.3) is 0 Å². The molecule has 1 heterocycles. The Morgan fingerprint density at radius 3 is 2.74 bits per heavy atom. The molecule has 0 spiro atoms. The highest BCUT2D eigenvalue weighted by Crippen LogP contribution is 2.48. The smallest absolute Gasteiger partial charge is 0.122 e. The molecular weight excluding hydrogens is 236 g/mol. The molecule has 0 radical (unpaired) electrons. The summed E-state index contributed by atoms with van der Waals surface area (Å²) in [6, 6.07) is 4.33. The van der Waals surface area contributed by atoms with Gasteiger partial charge in [-0.05, 0) is 63.1 Å². The fourth-order valence-corrected chi connectivity index (χ4v) is 4.24. The van der Waals surface area contributed by atoms with Gasteiger partial charge in [0.15, 0.2) is 0 Å². The van der Waals surface area contributed by atoms with Crippen LogP contribution < -0.4 is 5.73 Å². The third kappa shape index (κ3) is 2.59. The number of likely N-dealkylation sites (N-methyl/N-ethyl adjacent to an activating group) is 1. The quantitative estimate of drug-likeness (QED) is 0.887. The van der Waals surface area contributed by atoms with Crippen LogP contribution in [-0.4, -0.2) is 25.0 Å². The Kier molecular flexibility index (Phi) is 3.68. The van der Waals surface area contributed by atoms with Crippen LogP contribution in [0.15, 0.2) is 16.5 Å². The first-order chi connectivity index (χ1) is 9.17. The van der Waals surface area contributed by atoms with E-state index in [0.717, 1.165) is 29.3 Å². The molecule has 3 rings (SSSR count). The van der Waals surface area contributed by atoms with Gasteiger partial charge in [0, 0.05) is 13.1 Å². The van der Waals surface area contributed by atoms with Crippen LogP contribution in [0.5, 0.6) is 0 Å². The fraction of sp³-hybridized carbons (Fsp3) is 0.750. The molecule has 0 saturated heterocycles. The fourth-order valence-electron chi connectivity index (χ4n) is 4.24. The molecule has 2 saturated carbocycles. The van der Waals surface area contributed by atoms with Crippen LogP contribution in [0, 0.1) is 24.7 Å². The predicted octanol–water partition coefficient (Wildman–Crippen LogP) is 2.96. The molecule has 0 aromatic carbocycles. The second kappa shape index (κ2) is 5.29. The molecule has 1 aromatic heterocycles. The summed E-state index contributed by atoms with van der Waals surface area (Å²) < 4.78 is 5.76. The van der Waals surface area contributed by atoms with E-state index in [1.165, 1.54) is 32.2 Å². The van der Waals surface area contributed by atoms with Crippen LogP contribution in [0.4, 0.5) is 0 Å². The number of aryl methyl sites for hydroxylation is 1. The van der Waals surface area contributed by atoms with E-state index in [1.807, 2.05) is 13.0 Å². The Morgan fingerprint density at radius 1 is 1.37 bits per heavy atom. The topological polar surface area (TPSA) is 42.4 Å². The summed E-state index contributed by atoms with van der Waals surface area (Å²) in [4.78, 5) is 2.41. The van der Waals surface area contributed by atoms with E-state index in [2.05, 4.69) is 18.0 Å². The Bertz CT molecular complexity index is 428. The summed E-state index contributed by atoms with van der Waals surface area (Å²) in [6.45, 7) is 3.79. The summed E-state index contributed by atoms with van der Waals surface area (Å²) in [6.07, 6.45) is 5.84. The molecule has 2 aliphatic rings. The van der Waals surface area contributed by atoms with E-state index in [-0.39, 0.29) is 6.04 Å². The SMILES string of the molecule is Cc1ccc(C(CN)N(C)CC2CC3CCC2C3)o1. The van der Waals surface area contributed by atoms with Gasteiger partial charge in [0.25, 0.3) is 0 Å². The molecule has 2 fully saturated rings. The highest BCUT2D eigenvalue weighted by molar-refractivity contribution is 5.10. The Balaban J connectivity index is 1.63. The minimum Gasteiger partial charge on any atom is -0.465 e. The van der Waals surface area contributed by atoms with Crippen molar-refractivity contribution in [2.24, 2.45) is 23.5 Å². The standard InChI is InChI=1S/C16H26N2O/c1-11-3-6-16(19-11)15(9-17)18(2)10-14-8-12-4-5-13(14)7-12/h3,6,12-15H,4-5,7-10,17H2,1-2H3. The maximum absolute atomic E-state index is 5.96. The van der Waals surface area contributed by atoms with Crippen molar-refractivity contribution < 1.29 is 4.42 Å². The highest BCUT2D eigenvalue weighted by Gasteiger charge is 2.40. The Labute approximate surface area is 116 Å². The molecule has 2 bridgehead atoms. The van der Waals surface area contributed by atoms with Crippen LogP contribution in [0.2, 0.25) is 0 Å². The van der Waals surface area contributed by atoms with E-state index in [0.29, 0.717) is 6.54 Å². The summed E-state index contributed by atoms with van der Waals surface area (Å²) >= 11 is 0. The van der Waals surface area contributed by atoms with Crippen molar-refractivity contribution in [1.82, 2.24) is 4.90 Å². The minimum atomic E-state index is 0.229. The summed E-state index contributed by atoms with van der Waals surface area (Å²) in [5, 5.41) is 0. The average Bonchev–Trinajstić information content (AvgIpc) is 3.07. The highest BCUT2D eigenvalue weighted by atomic mass is 16.3. The molecule has 2 N–H and O–H groups in total. The van der Waals surface area contributed by atoms with Crippen molar-refractivity contribution in [1.29, 1.82) is 0 Å². The molecule has 1 aromatic rings. The molecule has 4 unspecified atom stereocenters. The van der Waals surface area contributed by atoms with Gasteiger partial charge >= 0.3 is 0 Å². The number of hydrogen-bond donors (Lipinski definition) is 1. The van der Waals surface area contributed by atoms with E-state index in [1.54, 1.807) is 0 Å². The van der Waals surface area contributed by atoms with E-state index >= 15 is 0 Å². The lowest BCUT2D eigenvalue weighted by atomic mass is 9.88. The van der Waals surface area contributed by atoms with Gasteiger partial charge in [-0.2, -0.15) is 0 Å². The molecule has 4 atom stereocenters. The van der Waals surface area contributed by atoms with Gasteiger partial charge in [0.2, 0.25) is 0 Å². The summed E-state index contributed by atoms with van der Waals surface area (Å²) in [5.41, 5.74) is 5.96. The summed E-state index contributed by atoms with van der Waals surface area (Å²) in [5.74, 6) is 4.87. The first-order valence-corrected chi connectivity index (χ1v) is 7.64. The molecule has 0 aliphatic heterocycles. The minimum absolute atomic E-state index is 0.229. The van der Waals surface area contributed by atoms with Crippen LogP contribution in [0.1, 0.15) is 43.2 Å². The van der Waals surface area contributed by atoms with E-state index < -0.39 is 0 Å². The van der Waals surface area contributed by atoms with Gasteiger partial charge in [-0.25, -0.2) is 0 Å². The zero-order chi connectivity index (χ0) is 13.4. The number of hydrogen-bond acceptors (Lipinski definition) is 3. The lowest BCUT2D eigenvalue weighted by Crippen LogP contribution is -2.35. The van der Waals surface area contributed by atoms with Crippen molar-refractivity contribution in [2.45, 2.75) is 38.6 Å². The second-order valence-corrected chi connectivity index (χ2v) is 6.57. The summed E-state index contributed by atoms with van der Waals surface area (Å²) in [7, 11) is 2.20. The zero-order valence-electron chi connectivity index (χ0n) is 12.1. The number of fused-ring (bicyclic) bond motifs is 2. The molecular formula is C16H26N2O. The van der Waals surface area contributed by atoms with Crippen molar-refractivity contribution in [3.05, 3.63) is 23.7 Å². The lowest BCUT2D eigenvalue weighted by Gasteiger charge is -2.31. The number of nitrogens with zero attached hydrogens (tertiary/aromatic N) is 1. The number of nitrogens with two attached hydrogens (primary N) is 1. The lowest BCUT2D eigenvalue weighted by molar-refractivity contribution is 0.160. The number of rotatable bonds is 5. The molecule has 2 aliphatic carbocycles. The molecule has 3 nitrogen and oxygen atoms in total. The average molecular weight is 262 g/mol. The van der Waals surface area contributed by atoms with Gasteiger partial charge in [0.1, 0.15) is 11.5 Å². The van der Waals surface area contributed by atoms with Crippen LogP contribution in [0.3, 0.4) is 0 Å². The molecule has 19 heavy (non-hydrogen) atoms. The second-order valence-electron chi connectivity index (χ2n) is 6.57. The van der Waals surface area contributed by atoms with Crippen LogP contribution in [-0.2, 0) is 0 Å². The first-order valence-electron chi connectivity index (χ1n) is 7.64. The first kappa shape index (κ1) is 13.2. The van der Waals surface area contributed by atoms with E-state index in [9.17, 15) is 0 Å². The van der Waals surface area contributed by atoms with Gasteiger partial charge in [-0.1, -0.05) is 6.42 Å². The molecule has 0 amide bonds. The van der Waals surface area contributed by atoms with Crippen molar-refractivity contribution >= 4 is 0 Å². The van der Waals surface area contributed by atoms with Gasteiger partial charge in [-0.3, -0.25) is 4.90 Å². The molecule has 106 valence electrons. The van der Waals surface area contributed by atoms with Crippen molar-refractivity contribution in [2.75, 3.05) is 20.1 Å². The van der Waals surface area contributed by atoms with Gasteiger partial charge in [0.05, 0.1) is 6.04 Å². The van der Waals surface area contributed by atoms with Crippen molar-refractivity contribution in [3.63, 3.8) is 0 Å². The largest absolute Gasteiger partial charge is 0.465 e. The Hall–Kier alpha value is -0.800. The van der Waals surface area contributed by atoms with Crippen LogP contribution >= 0.6 is 0 Å². The van der Waals surface area contributed by atoms with E-state index in [4.69, 9.17) is 10.2 Å². The van der Waals surface area contributed by atoms with Crippen molar-refractivity contribution in [3.8, 4) is 0 Å². The Morgan fingerprint density at radius 2 is 2.21 bits per heavy atom. The van der Waals surface area contributed by atoms with Gasteiger partial charge < -0.3 is 10.2 Å². The number of furan rings is 1. The zero-order valence-corrected chi connectivity index (χ0v) is 12.1. The van der Waals surface area contributed by atoms with Gasteiger partial charge in [-0.15, -0.1) is 0 Å². The maximum atomic E-state index is 5.96. The maximum Gasteiger partial charge on any atom is 0.122 e. The molecule has 3 heteroatoms. The monoisotopic (exact) mass is 262 g/mol. The third-order valence-electron chi connectivity index (χ3n) is 5.25. The third-order valence-corrected chi connectivity index (χ3v) is 5.25. The predicted molar refractivity (Wildman–Crippen MR) is 76.8 cm³/mol.